The number of aromatic nitrogens is 1. The van der Waals surface area contributed by atoms with Crippen molar-refractivity contribution in [1.29, 1.82) is 0 Å². The van der Waals surface area contributed by atoms with Gasteiger partial charge in [-0.15, -0.1) is 0 Å². The maximum Gasteiger partial charge on any atom is 0.164 e. The Bertz CT molecular complexity index is 673. The van der Waals surface area contributed by atoms with E-state index in [2.05, 4.69) is 38.5 Å². The van der Waals surface area contributed by atoms with Crippen LogP contribution in [0.3, 0.4) is 0 Å². The summed E-state index contributed by atoms with van der Waals surface area (Å²) in [5, 5.41) is 0. The maximum absolute atomic E-state index is 13.0. The standard InChI is InChI=1S/C36H67NO/c1-5-7-9-11-13-15-17-18-19-20-21-22-24-26-28-30-35(38)36-33(3)32-37(34(36)4)31-29-27-25-23-16-14-12-10-8-6-2/h32H,5-31H2,1-4H3. The summed E-state index contributed by atoms with van der Waals surface area (Å²) in [7, 11) is 0. The molecule has 38 heavy (non-hydrogen) atoms. The molecular weight excluding hydrogens is 462 g/mol. The van der Waals surface area contributed by atoms with E-state index in [0.29, 0.717) is 5.78 Å². The summed E-state index contributed by atoms with van der Waals surface area (Å²) < 4.78 is 2.35. The van der Waals surface area contributed by atoms with Gasteiger partial charge in [-0.05, 0) is 32.3 Å². The Morgan fingerprint density at radius 3 is 1.26 bits per heavy atom. The third kappa shape index (κ3) is 17.5. The van der Waals surface area contributed by atoms with E-state index in [1.54, 1.807) is 0 Å². The molecule has 0 saturated heterocycles. The van der Waals surface area contributed by atoms with Crippen LogP contribution in [0.25, 0.3) is 0 Å². The van der Waals surface area contributed by atoms with Crippen molar-refractivity contribution < 1.29 is 4.79 Å². The number of hydrogen-bond donors (Lipinski definition) is 0. The van der Waals surface area contributed by atoms with Crippen molar-refractivity contribution in [3.63, 3.8) is 0 Å². The third-order valence-electron chi connectivity index (χ3n) is 8.58. The molecule has 0 unspecified atom stereocenters. The second kappa shape index (κ2) is 25.0. The highest BCUT2D eigenvalue weighted by atomic mass is 16.1. The molecule has 1 aromatic heterocycles. The van der Waals surface area contributed by atoms with Gasteiger partial charge in [0.25, 0.3) is 0 Å². The molecule has 0 fully saturated rings. The summed E-state index contributed by atoms with van der Waals surface area (Å²) in [5.74, 6) is 0.372. The van der Waals surface area contributed by atoms with Crippen molar-refractivity contribution in [3.8, 4) is 0 Å². The lowest BCUT2D eigenvalue weighted by molar-refractivity contribution is 0.0978. The fraction of sp³-hybridized carbons (Fsp3) is 0.861. The van der Waals surface area contributed by atoms with E-state index in [1.807, 2.05) is 0 Å². The van der Waals surface area contributed by atoms with Crippen molar-refractivity contribution in [2.24, 2.45) is 0 Å². The van der Waals surface area contributed by atoms with Gasteiger partial charge in [0.1, 0.15) is 0 Å². The molecule has 0 spiro atoms. The van der Waals surface area contributed by atoms with Crippen LogP contribution in [0.2, 0.25) is 0 Å². The predicted octanol–water partition coefficient (Wildman–Crippen LogP) is 12.5. The number of ketones is 1. The van der Waals surface area contributed by atoms with Gasteiger partial charge in [0.2, 0.25) is 0 Å². The van der Waals surface area contributed by atoms with Gasteiger partial charge in [0, 0.05) is 30.4 Å². The highest BCUT2D eigenvalue weighted by molar-refractivity contribution is 5.98. The quantitative estimate of drug-likeness (QED) is 0.0781. The van der Waals surface area contributed by atoms with E-state index < -0.39 is 0 Å². The molecule has 0 N–H and O–H groups in total. The van der Waals surface area contributed by atoms with Crippen LogP contribution in [0.1, 0.15) is 202 Å². The fourth-order valence-corrected chi connectivity index (χ4v) is 6.03. The predicted molar refractivity (Wildman–Crippen MR) is 170 cm³/mol. The van der Waals surface area contributed by atoms with Crippen LogP contribution in [0, 0.1) is 13.8 Å². The zero-order chi connectivity index (χ0) is 27.7. The monoisotopic (exact) mass is 530 g/mol. The molecule has 0 atom stereocenters. The number of rotatable bonds is 28. The van der Waals surface area contributed by atoms with Crippen molar-refractivity contribution in [2.45, 2.75) is 201 Å². The summed E-state index contributed by atoms with van der Waals surface area (Å²) in [6, 6.07) is 0. The van der Waals surface area contributed by atoms with Gasteiger partial charge in [0.15, 0.2) is 5.78 Å². The number of carbonyl (C=O) groups is 1. The summed E-state index contributed by atoms with van der Waals surface area (Å²) in [4.78, 5) is 13.0. The molecule has 1 aromatic rings. The molecular formula is C36H67NO. The van der Waals surface area contributed by atoms with E-state index in [-0.39, 0.29) is 0 Å². The first kappa shape index (κ1) is 35.0. The molecule has 0 saturated carbocycles. The number of unbranched alkanes of at least 4 members (excludes halogenated alkanes) is 23. The van der Waals surface area contributed by atoms with Gasteiger partial charge in [-0.2, -0.15) is 0 Å². The first-order valence-corrected chi connectivity index (χ1v) is 17.3. The summed E-state index contributed by atoms with van der Waals surface area (Å²) in [5.41, 5.74) is 3.40. The Balaban J connectivity index is 2.05. The highest BCUT2D eigenvalue weighted by Gasteiger charge is 2.16. The van der Waals surface area contributed by atoms with Crippen molar-refractivity contribution in [2.75, 3.05) is 0 Å². The van der Waals surface area contributed by atoms with Gasteiger partial charge in [-0.3, -0.25) is 4.79 Å². The van der Waals surface area contributed by atoms with Crippen LogP contribution in [0.15, 0.2) is 6.20 Å². The Hall–Kier alpha value is -1.05. The lowest BCUT2D eigenvalue weighted by Gasteiger charge is -2.08. The van der Waals surface area contributed by atoms with E-state index in [4.69, 9.17) is 0 Å². The highest BCUT2D eigenvalue weighted by Crippen LogP contribution is 2.21. The largest absolute Gasteiger partial charge is 0.351 e. The zero-order valence-corrected chi connectivity index (χ0v) is 26.5. The SMILES string of the molecule is CCCCCCCCCCCCCCCCCC(=O)c1c(C)cn(CCCCCCCCCCCC)c1C. The second-order valence-electron chi connectivity index (χ2n) is 12.3. The number of hydrogen-bond acceptors (Lipinski definition) is 1. The minimum Gasteiger partial charge on any atom is -0.351 e. The van der Waals surface area contributed by atoms with E-state index in [9.17, 15) is 4.79 Å². The van der Waals surface area contributed by atoms with Crippen LogP contribution in [-0.4, -0.2) is 10.4 Å². The lowest BCUT2D eigenvalue weighted by atomic mass is 10.0. The molecule has 2 nitrogen and oxygen atoms in total. The van der Waals surface area contributed by atoms with Gasteiger partial charge >= 0.3 is 0 Å². The molecule has 0 amide bonds. The molecule has 0 radical (unpaired) electrons. The lowest BCUT2D eigenvalue weighted by Crippen LogP contribution is -2.05. The average Bonchev–Trinajstić information content (AvgIpc) is 3.19. The smallest absolute Gasteiger partial charge is 0.164 e. The normalized spacial score (nSPS) is 11.5. The fourth-order valence-electron chi connectivity index (χ4n) is 6.03. The molecule has 0 aliphatic carbocycles. The van der Waals surface area contributed by atoms with Gasteiger partial charge in [-0.25, -0.2) is 0 Å². The Morgan fingerprint density at radius 2 is 0.868 bits per heavy atom. The molecule has 0 aliphatic rings. The van der Waals surface area contributed by atoms with Crippen molar-refractivity contribution in [3.05, 3.63) is 23.0 Å². The van der Waals surface area contributed by atoms with E-state index in [1.165, 1.54) is 165 Å². The maximum atomic E-state index is 13.0. The van der Waals surface area contributed by atoms with Crippen LogP contribution in [-0.2, 0) is 6.54 Å². The Kier molecular flexibility index (Phi) is 23.0. The number of Topliss-reactive ketones (excluding diaryl/α,β-unsaturated/α-hetero) is 1. The molecule has 222 valence electrons. The molecule has 0 aromatic carbocycles. The molecule has 2 heteroatoms. The molecule has 0 bridgehead atoms. The van der Waals surface area contributed by atoms with Gasteiger partial charge in [0.05, 0.1) is 0 Å². The second-order valence-corrected chi connectivity index (χ2v) is 12.3. The van der Waals surface area contributed by atoms with Crippen LogP contribution >= 0.6 is 0 Å². The summed E-state index contributed by atoms with van der Waals surface area (Å²) >= 11 is 0. The number of nitrogens with zero attached hydrogens (tertiary/aromatic N) is 1. The third-order valence-corrected chi connectivity index (χ3v) is 8.58. The summed E-state index contributed by atoms with van der Waals surface area (Å²) in [6.45, 7) is 9.92. The topological polar surface area (TPSA) is 22.0 Å². The van der Waals surface area contributed by atoms with Crippen molar-refractivity contribution in [1.82, 2.24) is 4.57 Å². The minimum absolute atomic E-state index is 0.372. The molecule has 1 heterocycles. The van der Waals surface area contributed by atoms with E-state index in [0.717, 1.165) is 24.9 Å². The summed E-state index contributed by atoms with van der Waals surface area (Å²) in [6.07, 6.45) is 37.2. The average molecular weight is 530 g/mol. The van der Waals surface area contributed by atoms with Crippen molar-refractivity contribution >= 4 is 5.78 Å². The first-order valence-electron chi connectivity index (χ1n) is 17.3. The first-order chi connectivity index (χ1) is 18.6. The van der Waals surface area contributed by atoms with Crippen LogP contribution in [0.5, 0.6) is 0 Å². The van der Waals surface area contributed by atoms with Crippen LogP contribution in [0.4, 0.5) is 0 Å². The van der Waals surface area contributed by atoms with E-state index >= 15 is 0 Å². The minimum atomic E-state index is 0.372. The zero-order valence-electron chi connectivity index (χ0n) is 26.5. The van der Waals surface area contributed by atoms with Gasteiger partial charge < -0.3 is 4.57 Å². The van der Waals surface area contributed by atoms with Gasteiger partial charge in [-0.1, -0.05) is 162 Å². The van der Waals surface area contributed by atoms with Crippen LogP contribution < -0.4 is 0 Å². The molecule has 1 rings (SSSR count). The molecule has 0 aliphatic heterocycles. The number of aryl methyl sites for hydroxylation is 2. The Labute approximate surface area is 239 Å². The Morgan fingerprint density at radius 1 is 0.526 bits per heavy atom. The number of carbonyl (C=O) groups excluding carboxylic acids is 1.